The van der Waals surface area contributed by atoms with E-state index in [1.54, 1.807) is 0 Å². The summed E-state index contributed by atoms with van der Waals surface area (Å²) in [6.07, 6.45) is 22.7. The Morgan fingerprint density at radius 1 is 0.793 bits per heavy atom. The van der Waals surface area contributed by atoms with Gasteiger partial charge >= 0.3 is 5.97 Å². The average Bonchev–Trinajstić information content (AvgIpc) is 2.59. The minimum absolute atomic E-state index is 0.159. The summed E-state index contributed by atoms with van der Waals surface area (Å²) in [5, 5.41) is 19.8. The molecule has 0 saturated carbocycles. The summed E-state index contributed by atoms with van der Waals surface area (Å²) in [5.41, 5.74) is -1.09. The zero-order valence-electron chi connectivity index (χ0n) is 19.9. The van der Waals surface area contributed by atoms with E-state index in [-0.39, 0.29) is 6.42 Å². The van der Waals surface area contributed by atoms with Crippen molar-refractivity contribution in [3.8, 4) is 0 Å². The van der Waals surface area contributed by atoms with Gasteiger partial charge in [-0.25, -0.2) is 0 Å². The van der Waals surface area contributed by atoms with Gasteiger partial charge in [0.15, 0.2) is 0 Å². The van der Waals surface area contributed by atoms with Gasteiger partial charge in [0, 0.05) is 0 Å². The van der Waals surface area contributed by atoms with Crippen LogP contribution in [-0.2, 0) is 4.79 Å². The predicted octanol–water partition coefficient (Wildman–Crippen LogP) is 6.33. The van der Waals surface area contributed by atoms with Crippen molar-refractivity contribution in [1.29, 1.82) is 0 Å². The Bertz CT molecular complexity index is 428. The number of carbonyl (C=O) groups is 1. The van der Waals surface area contributed by atoms with Crippen LogP contribution in [0.1, 0.15) is 110 Å². The van der Waals surface area contributed by atoms with Crippen LogP contribution in [0.2, 0.25) is 0 Å². The molecular formula is C25H50NO3+. The van der Waals surface area contributed by atoms with Crippen LogP contribution < -0.4 is 0 Å². The summed E-state index contributed by atoms with van der Waals surface area (Å²) < 4.78 is 0.580. The lowest BCUT2D eigenvalue weighted by Crippen LogP contribution is -2.50. The Balaban J connectivity index is 3.65. The molecule has 0 aromatic rings. The second-order valence-corrected chi connectivity index (χ2v) is 9.93. The van der Waals surface area contributed by atoms with E-state index in [0.717, 1.165) is 12.8 Å². The van der Waals surface area contributed by atoms with E-state index in [1.165, 1.54) is 77.0 Å². The molecule has 0 aromatic carbocycles. The number of carboxylic acid groups (broad SMARTS) is 1. The van der Waals surface area contributed by atoms with Gasteiger partial charge in [0.25, 0.3) is 0 Å². The molecule has 0 aliphatic rings. The number of allylic oxidation sites excluding steroid dienone is 2. The van der Waals surface area contributed by atoms with Crippen LogP contribution in [0, 0.1) is 0 Å². The van der Waals surface area contributed by atoms with Crippen molar-refractivity contribution in [3.63, 3.8) is 0 Å². The highest BCUT2D eigenvalue weighted by molar-refractivity contribution is 5.68. The van der Waals surface area contributed by atoms with Crippen LogP contribution in [0.5, 0.6) is 0 Å². The Kier molecular flexibility index (Phi) is 16.4. The molecule has 0 fully saturated rings. The quantitative estimate of drug-likeness (QED) is 0.140. The number of aliphatic carboxylic acids is 1. The standard InChI is InChI=1S/C25H49NO3/c1-5-6-7-8-9-10-11-12-13-14-15-16-17-18-19-20-21-25(29,22-24(27)28)23-26(2,3)4/h12-13,29H,5-11,14-23H2,1-4H3/p+1. The summed E-state index contributed by atoms with van der Waals surface area (Å²) in [7, 11) is 5.98. The van der Waals surface area contributed by atoms with Crippen molar-refractivity contribution >= 4 is 5.97 Å². The van der Waals surface area contributed by atoms with Gasteiger partial charge in [-0.05, 0) is 32.1 Å². The number of hydrogen-bond acceptors (Lipinski definition) is 2. The van der Waals surface area contributed by atoms with Crippen molar-refractivity contribution in [2.24, 2.45) is 0 Å². The molecule has 0 amide bonds. The monoisotopic (exact) mass is 412 g/mol. The Morgan fingerprint density at radius 2 is 1.24 bits per heavy atom. The first-order valence-electron chi connectivity index (χ1n) is 12.1. The number of likely N-dealkylation sites (N-methyl/N-ethyl adjacent to an activating group) is 1. The number of hydrogen-bond donors (Lipinski definition) is 2. The highest BCUT2D eigenvalue weighted by Crippen LogP contribution is 2.23. The zero-order chi connectivity index (χ0) is 22.0. The zero-order valence-corrected chi connectivity index (χ0v) is 19.9. The maximum absolute atomic E-state index is 11.1. The molecule has 0 spiro atoms. The van der Waals surface area contributed by atoms with Crippen LogP contribution in [0.3, 0.4) is 0 Å². The van der Waals surface area contributed by atoms with Gasteiger partial charge in [-0.15, -0.1) is 0 Å². The molecule has 0 aliphatic heterocycles. The third-order valence-electron chi connectivity index (χ3n) is 5.40. The first kappa shape index (κ1) is 28.1. The van der Waals surface area contributed by atoms with Crippen molar-refractivity contribution in [3.05, 3.63) is 12.2 Å². The molecule has 29 heavy (non-hydrogen) atoms. The fourth-order valence-electron chi connectivity index (χ4n) is 4.09. The first-order chi connectivity index (χ1) is 13.7. The van der Waals surface area contributed by atoms with Gasteiger partial charge in [0.1, 0.15) is 12.1 Å². The highest BCUT2D eigenvalue weighted by Gasteiger charge is 2.35. The minimum Gasteiger partial charge on any atom is -0.481 e. The molecule has 0 heterocycles. The molecule has 0 bridgehead atoms. The lowest BCUT2D eigenvalue weighted by atomic mass is 9.91. The van der Waals surface area contributed by atoms with Crippen molar-refractivity contribution in [1.82, 2.24) is 0 Å². The maximum atomic E-state index is 11.1. The van der Waals surface area contributed by atoms with Gasteiger partial charge in [-0.3, -0.25) is 4.79 Å². The topological polar surface area (TPSA) is 57.5 Å². The van der Waals surface area contributed by atoms with Crippen LogP contribution in [0.15, 0.2) is 12.2 Å². The van der Waals surface area contributed by atoms with Crippen molar-refractivity contribution in [2.45, 2.75) is 115 Å². The van der Waals surface area contributed by atoms with E-state index >= 15 is 0 Å². The molecule has 172 valence electrons. The van der Waals surface area contributed by atoms with Crippen LogP contribution in [0.25, 0.3) is 0 Å². The summed E-state index contributed by atoms with van der Waals surface area (Å²) in [6.45, 7) is 2.74. The first-order valence-corrected chi connectivity index (χ1v) is 12.1. The summed E-state index contributed by atoms with van der Waals surface area (Å²) in [6, 6.07) is 0. The number of aliphatic hydroxyl groups is 1. The van der Waals surface area contributed by atoms with E-state index in [2.05, 4.69) is 19.1 Å². The van der Waals surface area contributed by atoms with Gasteiger partial charge < -0.3 is 14.7 Å². The van der Waals surface area contributed by atoms with E-state index in [4.69, 9.17) is 5.11 Å². The normalized spacial score (nSPS) is 14.4. The van der Waals surface area contributed by atoms with Crippen LogP contribution >= 0.6 is 0 Å². The molecular weight excluding hydrogens is 362 g/mol. The third-order valence-corrected chi connectivity index (χ3v) is 5.40. The Labute approximate surface area is 181 Å². The molecule has 0 saturated heterocycles. The molecule has 2 N–H and O–H groups in total. The van der Waals surface area contributed by atoms with E-state index in [1.807, 2.05) is 21.1 Å². The Hall–Kier alpha value is -0.870. The van der Waals surface area contributed by atoms with E-state index < -0.39 is 11.6 Å². The molecule has 0 aromatic heterocycles. The smallest absolute Gasteiger partial charge is 0.306 e. The molecule has 0 aliphatic carbocycles. The number of rotatable bonds is 20. The van der Waals surface area contributed by atoms with E-state index in [9.17, 15) is 9.90 Å². The number of quaternary nitrogens is 1. The summed E-state index contributed by atoms with van der Waals surface area (Å²) in [4.78, 5) is 11.1. The lowest BCUT2D eigenvalue weighted by molar-refractivity contribution is -0.877. The second-order valence-electron chi connectivity index (χ2n) is 9.93. The van der Waals surface area contributed by atoms with Crippen LogP contribution in [0.4, 0.5) is 0 Å². The van der Waals surface area contributed by atoms with Gasteiger partial charge in [-0.1, -0.05) is 83.3 Å². The molecule has 1 unspecified atom stereocenters. The molecule has 0 rings (SSSR count). The lowest BCUT2D eigenvalue weighted by Gasteiger charge is -2.34. The summed E-state index contributed by atoms with van der Waals surface area (Å²) >= 11 is 0. The van der Waals surface area contributed by atoms with Crippen LogP contribution in [-0.4, -0.2) is 54.0 Å². The minimum atomic E-state index is -1.09. The number of unbranched alkanes of at least 4 members (excludes halogenated alkanes) is 12. The largest absolute Gasteiger partial charge is 0.481 e. The fourth-order valence-corrected chi connectivity index (χ4v) is 4.09. The number of carboxylic acids is 1. The predicted molar refractivity (Wildman–Crippen MR) is 124 cm³/mol. The molecule has 4 heteroatoms. The highest BCUT2D eigenvalue weighted by atomic mass is 16.4. The summed E-state index contributed by atoms with van der Waals surface area (Å²) in [5.74, 6) is -0.912. The second kappa shape index (κ2) is 16.9. The average molecular weight is 413 g/mol. The molecule has 0 radical (unpaired) electrons. The van der Waals surface area contributed by atoms with Gasteiger partial charge in [0.2, 0.25) is 0 Å². The third kappa shape index (κ3) is 20.2. The maximum Gasteiger partial charge on any atom is 0.306 e. The van der Waals surface area contributed by atoms with E-state index in [0.29, 0.717) is 17.4 Å². The van der Waals surface area contributed by atoms with Gasteiger partial charge in [0.05, 0.1) is 27.6 Å². The van der Waals surface area contributed by atoms with Crippen molar-refractivity contribution in [2.75, 3.05) is 27.7 Å². The van der Waals surface area contributed by atoms with Crippen molar-refractivity contribution < 1.29 is 19.5 Å². The Morgan fingerprint density at radius 3 is 1.69 bits per heavy atom. The fraction of sp³-hybridized carbons (Fsp3) is 0.880. The molecule has 4 nitrogen and oxygen atoms in total. The van der Waals surface area contributed by atoms with Gasteiger partial charge in [-0.2, -0.15) is 0 Å². The SMILES string of the molecule is CCCCCCCCC=CCCCCCCCCC(O)(CC(=O)O)C[N+](C)(C)C. The number of nitrogens with zero attached hydrogens (tertiary/aromatic N) is 1. The molecule has 1 atom stereocenters.